The number of nitrogens with one attached hydrogen (secondary N) is 1. The lowest BCUT2D eigenvalue weighted by atomic mass is 9.81. The van der Waals surface area contributed by atoms with Crippen molar-refractivity contribution in [2.45, 2.75) is 51.8 Å². The molecule has 0 spiro atoms. The third-order valence-corrected chi connectivity index (χ3v) is 3.71. The van der Waals surface area contributed by atoms with E-state index in [1.165, 1.54) is 25.7 Å². The van der Waals surface area contributed by atoms with Crippen molar-refractivity contribution in [1.29, 1.82) is 0 Å². The second-order valence-electron chi connectivity index (χ2n) is 5.34. The summed E-state index contributed by atoms with van der Waals surface area (Å²) < 4.78 is 28.3. The van der Waals surface area contributed by atoms with Gasteiger partial charge in [0.2, 0.25) is 0 Å². The molecule has 4 heteroatoms. The zero-order valence-corrected chi connectivity index (χ0v) is 11.2. The second-order valence-corrected chi connectivity index (χ2v) is 5.34. The van der Waals surface area contributed by atoms with Crippen LogP contribution in [0.5, 0.6) is 5.75 Å². The number of alkyl halides is 2. The van der Waals surface area contributed by atoms with Crippen LogP contribution < -0.4 is 10.1 Å². The highest BCUT2D eigenvalue weighted by atomic mass is 19.3. The monoisotopic (exact) mass is 269 g/mol. The molecule has 1 N–H and O–H groups in total. The molecular weight excluding hydrogens is 248 g/mol. The molecule has 0 heterocycles. The summed E-state index contributed by atoms with van der Waals surface area (Å²) in [7, 11) is 0. The molecular formula is C15H21F2NO. The Morgan fingerprint density at radius 1 is 1.26 bits per heavy atom. The van der Waals surface area contributed by atoms with Crippen molar-refractivity contribution in [3.63, 3.8) is 0 Å². The minimum atomic E-state index is -2.76. The van der Waals surface area contributed by atoms with Gasteiger partial charge < -0.3 is 10.1 Å². The summed E-state index contributed by atoms with van der Waals surface area (Å²) in [5.41, 5.74) is 1.09. The molecule has 0 aliphatic heterocycles. The minimum Gasteiger partial charge on any atom is -0.435 e. The summed E-state index contributed by atoms with van der Waals surface area (Å²) in [5.74, 6) is 1.10. The molecule has 1 aliphatic rings. The Balaban J connectivity index is 1.72. The number of benzene rings is 1. The fourth-order valence-electron chi connectivity index (χ4n) is 2.39. The van der Waals surface area contributed by atoms with E-state index in [9.17, 15) is 8.78 Å². The van der Waals surface area contributed by atoms with Crippen LogP contribution in [-0.4, -0.2) is 12.7 Å². The average molecular weight is 269 g/mol. The summed E-state index contributed by atoms with van der Waals surface area (Å²) in [6.45, 7) is 0.210. The number of hydrogen-bond donors (Lipinski definition) is 1. The van der Waals surface area contributed by atoms with Gasteiger partial charge in [-0.05, 0) is 37.0 Å². The van der Waals surface area contributed by atoms with Crippen molar-refractivity contribution in [3.05, 3.63) is 29.8 Å². The van der Waals surface area contributed by atoms with E-state index in [0.717, 1.165) is 18.0 Å². The lowest BCUT2D eigenvalue weighted by Gasteiger charge is -2.28. The van der Waals surface area contributed by atoms with E-state index in [-0.39, 0.29) is 5.75 Å². The van der Waals surface area contributed by atoms with Gasteiger partial charge in [0.15, 0.2) is 0 Å². The summed E-state index contributed by atoms with van der Waals surface area (Å²) in [6.07, 6.45) is 5.34. The van der Waals surface area contributed by atoms with Gasteiger partial charge >= 0.3 is 6.61 Å². The van der Waals surface area contributed by atoms with Crippen LogP contribution in [0.2, 0.25) is 0 Å². The Morgan fingerprint density at radius 2 is 1.95 bits per heavy atom. The second kappa shape index (κ2) is 6.85. The van der Waals surface area contributed by atoms with Gasteiger partial charge in [0.1, 0.15) is 5.75 Å². The first-order valence-electron chi connectivity index (χ1n) is 6.90. The fraction of sp³-hybridized carbons (Fsp3) is 0.600. The van der Waals surface area contributed by atoms with Crippen LogP contribution in [0.15, 0.2) is 24.3 Å². The Kier molecular flexibility index (Phi) is 5.14. The summed E-state index contributed by atoms with van der Waals surface area (Å²) >= 11 is 0. The highest BCUT2D eigenvalue weighted by Crippen LogP contribution is 2.30. The van der Waals surface area contributed by atoms with E-state index in [2.05, 4.69) is 17.0 Å². The van der Waals surface area contributed by atoms with E-state index in [1.54, 1.807) is 12.1 Å². The van der Waals surface area contributed by atoms with Crippen molar-refractivity contribution in [2.75, 3.05) is 0 Å². The highest BCUT2D eigenvalue weighted by Gasteiger charge is 2.19. The normalized spacial score (nSPS) is 17.3. The maximum atomic E-state index is 12.0. The fourth-order valence-corrected chi connectivity index (χ4v) is 2.39. The molecule has 0 saturated heterocycles. The summed E-state index contributed by atoms with van der Waals surface area (Å²) in [5, 5.41) is 3.47. The van der Waals surface area contributed by atoms with Crippen LogP contribution in [-0.2, 0) is 6.54 Å². The van der Waals surface area contributed by atoms with Crippen molar-refractivity contribution >= 4 is 0 Å². The van der Waals surface area contributed by atoms with Crippen LogP contribution in [0, 0.1) is 5.92 Å². The molecule has 1 aliphatic carbocycles. The molecule has 1 fully saturated rings. The lowest BCUT2D eigenvalue weighted by Crippen LogP contribution is -2.29. The standard InChI is InChI=1S/C15H21F2NO/c1-11(9-12-3-2-4-12)18-10-13-5-7-14(8-6-13)19-15(16)17/h5-8,11-12,15,18H,2-4,9-10H2,1H3. The maximum absolute atomic E-state index is 12.0. The highest BCUT2D eigenvalue weighted by molar-refractivity contribution is 5.27. The molecule has 2 rings (SSSR count). The average Bonchev–Trinajstić information content (AvgIpc) is 2.32. The van der Waals surface area contributed by atoms with Crippen LogP contribution >= 0.6 is 0 Å². The van der Waals surface area contributed by atoms with Gasteiger partial charge in [0.25, 0.3) is 0 Å². The topological polar surface area (TPSA) is 21.3 Å². The first-order chi connectivity index (χ1) is 9.13. The molecule has 2 nitrogen and oxygen atoms in total. The van der Waals surface area contributed by atoms with Gasteiger partial charge in [-0.3, -0.25) is 0 Å². The van der Waals surface area contributed by atoms with Gasteiger partial charge in [0, 0.05) is 12.6 Å². The van der Waals surface area contributed by atoms with Gasteiger partial charge in [-0.2, -0.15) is 8.78 Å². The van der Waals surface area contributed by atoms with Gasteiger partial charge in [-0.1, -0.05) is 31.4 Å². The minimum absolute atomic E-state index is 0.210. The van der Waals surface area contributed by atoms with Crippen molar-refractivity contribution < 1.29 is 13.5 Å². The van der Waals surface area contributed by atoms with Crippen LogP contribution in [0.25, 0.3) is 0 Å². The van der Waals surface area contributed by atoms with E-state index in [1.807, 2.05) is 12.1 Å². The molecule has 0 bridgehead atoms. The molecule has 1 saturated carbocycles. The van der Waals surface area contributed by atoms with E-state index in [4.69, 9.17) is 0 Å². The zero-order valence-electron chi connectivity index (χ0n) is 11.2. The number of hydrogen-bond acceptors (Lipinski definition) is 2. The van der Waals surface area contributed by atoms with Crippen LogP contribution in [0.4, 0.5) is 8.78 Å². The molecule has 0 amide bonds. The van der Waals surface area contributed by atoms with Gasteiger partial charge in [0.05, 0.1) is 0 Å². The molecule has 1 atom stereocenters. The van der Waals surface area contributed by atoms with Crippen LogP contribution in [0.3, 0.4) is 0 Å². The molecule has 1 aromatic carbocycles. The Hall–Kier alpha value is -1.16. The SMILES string of the molecule is CC(CC1CCC1)NCc1ccc(OC(F)F)cc1. The first kappa shape index (κ1) is 14.3. The Labute approximate surface area is 113 Å². The molecule has 19 heavy (non-hydrogen) atoms. The van der Waals surface area contributed by atoms with Crippen molar-refractivity contribution in [1.82, 2.24) is 5.32 Å². The maximum Gasteiger partial charge on any atom is 0.387 e. The van der Waals surface area contributed by atoms with E-state index in [0.29, 0.717) is 6.04 Å². The molecule has 0 radical (unpaired) electrons. The first-order valence-corrected chi connectivity index (χ1v) is 6.90. The number of rotatable bonds is 7. The Morgan fingerprint density at radius 3 is 2.47 bits per heavy atom. The Bertz CT molecular complexity index is 376. The van der Waals surface area contributed by atoms with Gasteiger partial charge in [-0.15, -0.1) is 0 Å². The third-order valence-electron chi connectivity index (χ3n) is 3.71. The van der Waals surface area contributed by atoms with Crippen molar-refractivity contribution in [3.8, 4) is 5.75 Å². The summed E-state index contributed by atoms with van der Waals surface area (Å²) in [6, 6.07) is 7.31. The smallest absolute Gasteiger partial charge is 0.387 e. The molecule has 1 aromatic rings. The molecule has 1 unspecified atom stereocenters. The third kappa shape index (κ3) is 4.78. The predicted molar refractivity (Wildman–Crippen MR) is 71.3 cm³/mol. The number of halogens is 2. The van der Waals surface area contributed by atoms with Crippen LogP contribution in [0.1, 0.15) is 38.2 Å². The van der Waals surface area contributed by atoms with Gasteiger partial charge in [-0.25, -0.2) is 0 Å². The van der Waals surface area contributed by atoms with E-state index >= 15 is 0 Å². The zero-order chi connectivity index (χ0) is 13.7. The lowest BCUT2D eigenvalue weighted by molar-refractivity contribution is -0.0498. The largest absolute Gasteiger partial charge is 0.435 e. The number of ether oxygens (including phenoxy) is 1. The van der Waals surface area contributed by atoms with Crippen molar-refractivity contribution in [2.24, 2.45) is 5.92 Å². The summed E-state index contributed by atoms with van der Waals surface area (Å²) in [4.78, 5) is 0. The predicted octanol–water partition coefficient (Wildman–Crippen LogP) is 3.96. The molecule has 106 valence electrons. The molecule has 0 aromatic heterocycles. The quantitative estimate of drug-likeness (QED) is 0.809. The van der Waals surface area contributed by atoms with E-state index < -0.39 is 6.61 Å².